The SMILES string of the molecule is CCCCCOC(F)(F)C(F)(F)C(F)(F)[C](F)F. The minimum Gasteiger partial charge on any atom is -0.316 e. The zero-order valence-electron chi connectivity index (χ0n) is 9.26. The van der Waals surface area contributed by atoms with Crippen LogP contribution in [0.4, 0.5) is 35.1 Å². The standard InChI is InChI=1S/C9H11F8O/c1-2-3-4-5-18-9(16,17)8(14,15)7(12,13)6(10)11/h2-5H2,1H3. The molecule has 1 nitrogen and oxygen atoms in total. The van der Waals surface area contributed by atoms with Gasteiger partial charge in [0.05, 0.1) is 6.61 Å². The van der Waals surface area contributed by atoms with Crippen LogP contribution in [-0.2, 0) is 4.74 Å². The Balaban J connectivity index is 4.74. The van der Waals surface area contributed by atoms with Gasteiger partial charge < -0.3 is 4.74 Å². The van der Waals surface area contributed by atoms with Crippen LogP contribution in [0.1, 0.15) is 26.2 Å². The van der Waals surface area contributed by atoms with Crippen LogP contribution in [0.15, 0.2) is 0 Å². The fourth-order valence-electron chi connectivity index (χ4n) is 0.944. The van der Waals surface area contributed by atoms with Crippen LogP contribution >= 0.6 is 0 Å². The molecule has 0 aliphatic rings. The van der Waals surface area contributed by atoms with E-state index in [9.17, 15) is 35.1 Å². The van der Waals surface area contributed by atoms with Gasteiger partial charge >= 0.3 is 24.4 Å². The summed E-state index contributed by atoms with van der Waals surface area (Å²) < 4.78 is 102. The topological polar surface area (TPSA) is 9.23 Å². The third-order valence-electron chi connectivity index (χ3n) is 2.03. The van der Waals surface area contributed by atoms with E-state index in [1.54, 1.807) is 6.92 Å². The Bertz CT molecular complexity index is 253. The van der Waals surface area contributed by atoms with E-state index in [1.165, 1.54) is 0 Å². The van der Waals surface area contributed by atoms with Crippen molar-refractivity contribution in [3.05, 3.63) is 6.43 Å². The molecule has 109 valence electrons. The first-order chi connectivity index (χ1) is 8.00. The van der Waals surface area contributed by atoms with Crippen LogP contribution in [0.5, 0.6) is 0 Å². The highest BCUT2D eigenvalue weighted by atomic mass is 19.4. The van der Waals surface area contributed by atoms with Crippen LogP contribution in [-0.4, -0.2) is 24.6 Å². The van der Waals surface area contributed by atoms with Gasteiger partial charge in [0.1, 0.15) is 0 Å². The second-order valence-electron chi connectivity index (χ2n) is 3.48. The smallest absolute Gasteiger partial charge is 0.316 e. The molecule has 0 fully saturated rings. The minimum absolute atomic E-state index is 0.0738. The van der Waals surface area contributed by atoms with Gasteiger partial charge in [-0.3, -0.25) is 0 Å². The number of halogens is 8. The predicted molar refractivity (Wildman–Crippen MR) is 45.8 cm³/mol. The van der Waals surface area contributed by atoms with Crippen LogP contribution in [0, 0.1) is 6.43 Å². The van der Waals surface area contributed by atoms with Crippen molar-refractivity contribution >= 4 is 0 Å². The summed E-state index contributed by atoms with van der Waals surface area (Å²) in [6, 6.07) is 0. The molecule has 0 bridgehead atoms. The van der Waals surface area contributed by atoms with Crippen LogP contribution in [0.25, 0.3) is 0 Å². The van der Waals surface area contributed by atoms with Crippen LogP contribution in [0.3, 0.4) is 0 Å². The second-order valence-corrected chi connectivity index (χ2v) is 3.48. The van der Waals surface area contributed by atoms with Gasteiger partial charge in [0.15, 0.2) is 0 Å². The summed E-state index contributed by atoms with van der Waals surface area (Å²) in [4.78, 5) is 0. The maximum absolute atomic E-state index is 12.7. The second kappa shape index (κ2) is 6.03. The molecule has 0 saturated heterocycles. The fraction of sp³-hybridized carbons (Fsp3) is 0.889. The minimum atomic E-state index is -6.31. The highest BCUT2D eigenvalue weighted by Crippen LogP contribution is 2.51. The van der Waals surface area contributed by atoms with E-state index in [-0.39, 0.29) is 6.42 Å². The largest absolute Gasteiger partial charge is 0.426 e. The van der Waals surface area contributed by atoms with E-state index in [4.69, 9.17) is 0 Å². The fourth-order valence-corrected chi connectivity index (χ4v) is 0.944. The van der Waals surface area contributed by atoms with Gasteiger partial charge in [-0.15, -0.1) is 0 Å². The van der Waals surface area contributed by atoms with Crippen LogP contribution < -0.4 is 0 Å². The summed E-state index contributed by atoms with van der Waals surface area (Å²) in [7, 11) is 0. The van der Waals surface area contributed by atoms with Gasteiger partial charge in [-0.25, -0.2) is 0 Å². The average molecular weight is 287 g/mol. The number of rotatable bonds is 8. The monoisotopic (exact) mass is 287 g/mol. The highest BCUT2D eigenvalue weighted by molar-refractivity contribution is 5.00. The van der Waals surface area contributed by atoms with Gasteiger partial charge in [0.2, 0.25) is 0 Å². The number of unbranched alkanes of at least 4 members (excludes halogenated alkanes) is 2. The number of alkyl halides is 6. The molecular weight excluding hydrogens is 276 g/mol. The lowest BCUT2D eigenvalue weighted by Gasteiger charge is -2.30. The van der Waals surface area contributed by atoms with Gasteiger partial charge in [-0.2, -0.15) is 35.1 Å². The zero-order chi connectivity index (χ0) is 14.6. The maximum Gasteiger partial charge on any atom is 0.426 e. The molecule has 0 amide bonds. The molecule has 1 radical (unpaired) electrons. The molecule has 0 saturated carbocycles. The summed E-state index contributed by atoms with van der Waals surface area (Å²) in [5.74, 6) is -12.6. The lowest BCUT2D eigenvalue weighted by molar-refractivity contribution is -0.401. The Labute approximate surface area is 98.1 Å². The number of ether oxygens (including phenoxy) is 1. The maximum atomic E-state index is 12.7. The average Bonchev–Trinajstić information content (AvgIpc) is 2.23. The molecule has 0 unspecified atom stereocenters. The van der Waals surface area contributed by atoms with Crippen molar-refractivity contribution in [3.63, 3.8) is 0 Å². The highest BCUT2D eigenvalue weighted by Gasteiger charge is 2.77. The molecule has 0 aromatic rings. The van der Waals surface area contributed by atoms with E-state index < -0.39 is 31.0 Å². The quantitative estimate of drug-likeness (QED) is 0.472. The van der Waals surface area contributed by atoms with Gasteiger partial charge in [-0.1, -0.05) is 19.8 Å². The Morgan fingerprint density at radius 2 is 1.44 bits per heavy atom. The number of hydrogen-bond acceptors (Lipinski definition) is 1. The molecule has 0 N–H and O–H groups in total. The predicted octanol–water partition coefficient (Wildman–Crippen LogP) is 4.49. The molecule has 0 rings (SSSR count). The van der Waals surface area contributed by atoms with Crippen molar-refractivity contribution in [2.45, 2.75) is 44.1 Å². The third-order valence-corrected chi connectivity index (χ3v) is 2.03. The van der Waals surface area contributed by atoms with Crippen molar-refractivity contribution in [2.24, 2.45) is 0 Å². The molecular formula is C9H11F8O. The normalized spacial score (nSPS) is 14.3. The van der Waals surface area contributed by atoms with Crippen molar-refractivity contribution in [2.75, 3.05) is 6.61 Å². The first-order valence-corrected chi connectivity index (χ1v) is 4.96. The molecule has 0 atom stereocenters. The Hall–Kier alpha value is -0.600. The molecule has 0 aromatic heterocycles. The summed E-state index contributed by atoms with van der Waals surface area (Å²) in [6.45, 7) is 0.745. The molecule has 0 spiro atoms. The first-order valence-electron chi connectivity index (χ1n) is 4.96. The van der Waals surface area contributed by atoms with E-state index >= 15 is 0 Å². The first kappa shape index (κ1) is 17.4. The molecule has 0 aromatic carbocycles. The van der Waals surface area contributed by atoms with E-state index in [1.807, 2.05) is 0 Å². The zero-order valence-corrected chi connectivity index (χ0v) is 9.26. The van der Waals surface area contributed by atoms with Crippen LogP contribution in [0.2, 0.25) is 0 Å². The molecule has 0 aliphatic heterocycles. The van der Waals surface area contributed by atoms with E-state index in [0.717, 1.165) is 0 Å². The lowest BCUT2D eigenvalue weighted by atomic mass is 10.1. The Morgan fingerprint density at radius 3 is 1.83 bits per heavy atom. The van der Waals surface area contributed by atoms with Gasteiger partial charge in [-0.05, 0) is 6.42 Å². The third kappa shape index (κ3) is 3.46. The van der Waals surface area contributed by atoms with Crippen molar-refractivity contribution in [1.29, 1.82) is 0 Å². The summed E-state index contributed by atoms with van der Waals surface area (Å²) in [5, 5.41) is 0. The summed E-state index contributed by atoms with van der Waals surface area (Å²) in [5.41, 5.74) is 0. The Morgan fingerprint density at radius 1 is 0.944 bits per heavy atom. The van der Waals surface area contributed by atoms with Gasteiger partial charge in [0, 0.05) is 0 Å². The van der Waals surface area contributed by atoms with Gasteiger partial charge in [0.25, 0.3) is 0 Å². The van der Waals surface area contributed by atoms with Crippen molar-refractivity contribution < 1.29 is 39.9 Å². The molecule has 18 heavy (non-hydrogen) atoms. The van der Waals surface area contributed by atoms with Crippen molar-refractivity contribution in [1.82, 2.24) is 0 Å². The summed E-state index contributed by atoms with van der Waals surface area (Å²) in [6.07, 6.45) is -8.94. The van der Waals surface area contributed by atoms with E-state index in [0.29, 0.717) is 12.8 Å². The lowest BCUT2D eigenvalue weighted by Crippen LogP contribution is -2.56. The molecule has 9 heteroatoms. The summed E-state index contributed by atoms with van der Waals surface area (Å²) >= 11 is 0. The molecule has 0 aliphatic carbocycles. The number of hydrogen-bond donors (Lipinski definition) is 0. The molecule has 0 heterocycles. The Kier molecular flexibility index (Phi) is 5.83. The van der Waals surface area contributed by atoms with E-state index in [2.05, 4.69) is 4.74 Å². The van der Waals surface area contributed by atoms with Crippen molar-refractivity contribution in [3.8, 4) is 0 Å².